The second-order valence-corrected chi connectivity index (χ2v) is 6.99. The van der Waals surface area contributed by atoms with E-state index in [2.05, 4.69) is 49.9 Å². The molecule has 142 valence electrons. The number of aromatic nitrogens is 6. The fraction of sp³-hybridized carbons (Fsp3) is 0.300. The molecule has 2 aliphatic rings. The summed E-state index contributed by atoms with van der Waals surface area (Å²) in [5.74, 6) is 0.997. The number of anilines is 1. The Balaban J connectivity index is 1.28. The van der Waals surface area contributed by atoms with Crippen LogP contribution in [0.3, 0.4) is 0 Å². The molecule has 8 nitrogen and oxygen atoms in total. The first-order valence-electron chi connectivity index (χ1n) is 9.52. The Bertz CT molecular complexity index is 1040. The summed E-state index contributed by atoms with van der Waals surface area (Å²) >= 11 is 0. The van der Waals surface area contributed by atoms with E-state index in [9.17, 15) is 0 Å². The zero-order chi connectivity index (χ0) is 18.9. The van der Waals surface area contributed by atoms with Gasteiger partial charge in [0.2, 0.25) is 0 Å². The Morgan fingerprint density at radius 3 is 2.64 bits per heavy atom. The van der Waals surface area contributed by atoms with E-state index in [0.717, 1.165) is 49.8 Å². The number of rotatable bonds is 4. The summed E-state index contributed by atoms with van der Waals surface area (Å²) in [5.41, 5.74) is 3.12. The third-order valence-electron chi connectivity index (χ3n) is 5.41. The number of hydrogen-bond donors (Lipinski definition) is 0. The molecule has 1 saturated heterocycles. The number of fused-ring (bicyclic) bond motifs is 1. The Kier molecular flexibility index (Phi) is 4.16. The van der Waals surface area contributed by atoms with Crippen molar-refractivity contribution in [3.63, 3.8) is 0 Å². The monoisotopic (exact) mass is 374 g/mol. The molecule has 0 amide bonds. The zero-order valence-corrected chi connectivity index (χ0v) is 15.6. The molecule has 0 radical (unpaired) electrons. The molecule has 5 rings (SSSR count). The van der Waals surface area contributed by atoms with Gasteiger partial charge in [0.25, 0.3) is 0 Å². The van der Waals surface area contributed by atoms with E-state index in [4.69, 9.17) is 4.98 Å². The van der Waals surface area contributed by atoms with Gasteiger partial charge in [0.15, 0.2) is 5.65 Å². The van der Waals surface area contributed by atoms with Crippen molar-refractivity contribution in [3.8, 4) is 0 Å². The summed E-state index contributed by atoms with van der Waals surface area (Å²) in [6.07, 6.45) is 14.5. The lowest BCUT2D eigenvalue weighted by molar-refractivity contribution is 0.315. The van der Waals surface area contributed by atoms with E-state index in [1.165, 1.54) is 5.57 Å². The van der Waals surface area contributed by atoms with Crippen molar-refractivity contribution in [3.05, 3.63) is 73.0 Å². The highest BCUT2D eigenvalue weighted by Gasteiger charge is 2.26. The van der Waals surface area contributed by atoms with Crippen molar-refractivity contribution in [1.82, 2.24) is 34.5 Å². The molecule has 1 unspecified atom stereocenters. The molecule has 1 fully saturated rings. The van der Waals surface area contributed by atoms with Crippen molar-refractivity contribution < 1.29 is 0 Å². The van der Waals surface area contributed by atoms with Gasteiger partial charge in [0.1, 0.15) is 11.9 Å². The molecule has 4 heterocycles. The molecule has 0 N–H and O–H groups in total. The minimum atomic E-state index is 0.108. The number of hydrogen-bond acceptors (Lipinski definition) is 6. The van der Waals surface area contributed by atoms with Crippen LogP contribution in [0.2, 0.25) is 0 Å². The molecule has 1 aliphatic carbocycles. The summed E-state index contributed by atoms with van der Waals surface area (Å²) in [6.45, 7) is 8.03. The third kappa shape index (κ3) is 2.96. The quantitative estimate of drug-likeness (QED) is 0.697. The van der Waals surface area contributed by atoms with Crippen LogP contribution in [0.1, 0.15) is 12.5 Å². The predicted octanol–water partition coefficient (Wildman–Crippen LogP) is 2.08. The largest absolute Gasteiger partial charge is 0.368 e. The van der Waals surface area contributed by atoms with Gasteiger partial charge in [-0.2, -0.15) is 20.1 Å². The Labute approximate surface area is 163 Å². The fourth-order valence-electron chi connectivity index (χ4n) is 3.88. The molecular weight excluding hydrogens is 352 g/mol. The third-order valence-corrected chi connectivity index (χ3v) is 5.41. The number of allylic oxidation sites excluding steroid dienone is 4. The van der Waals surface area contributed by atoms with E-state index in [-0.39, 0.29) is 6.04 Å². The molecule has 1 atom stereocenters. The van der Waals surface area contributed by atoms with Gasteiger partial charge in [-0.3, -0.25) is 0 Å². The average molecular weight is 374 g/mol. The number of piperazine rings is 1. The second-order valence-electron chi connectivity index (χ2n) is 6.99. The summed E-state index contributed by atoms with van der Waals surface area (Å²) in [6, 6.07) is 4.06. The highest BCUT2D eigenvalue weighted by atomic mass is 15.5. The first kappa shape index (κ1) is 16.7. The summed E-state index contributed by atoms with van der Waals surface area (Å²) in [4.78, 5) is 11.2. The second kappa shape index (κ2) is 6.95. The van der Waals surface area contributed by atoms with Crippen molar-refractivity contribution in [2.75, 3.05) is 31.1 Å². The van der Waals surface area contributed by atoms with Gasteiger partial charge >= 0.3 is 0 Å². The minimum absolute atomic E-state index is 0.108. The van der Waals surface area contributed by atoms with Gasteiger partial charge in [0, 0.05) is 49.7 Å². The standard InChI is InChI=1S/C20H22N8/c1-16(17-4-2-3-5-18(17)28-22-9-10-23-28)25-12-14-26(15-13-25)19-7-11-27-20(24-19)6-8-21-27/h2-4,6-11,18H,1,5,12-15H2. The zero-order valence-electron chi connectivity index (χ0n) is 15.6. The van der Waals surface area contributed by atoms with Crippen LogP contribution in [0.4, 0.5) is 5.82 Å². The van der Waals surface area contributed by atoms with Crippen LogP contribution in [0.25, 0.3) is 5.65 Å². The van der Waals surface area contributed by atoms with Crippen molar-refractivity contribution in [2.24, 2.45) is 0 Å². The van der Waals surface area contributed by atoms with Crippen LogP contribution < -0.4 is 4.90 Å². The molecule has 0 bridgehead atoms. The van der Waals surface area contributed by atoms with Crippen molar-refractivity contribution in [2.45, 2.75) is 12.5 Å². The molecular formula is C20H22N8. The lowest BCUT2D eigenvalue weighted by Gasteiger charge is -2.39. The van der Waals surface area contributed by atoms with Crippen LogP contribution in [0.5, 0.6) is 0 Å². The molecule has 0 spiro atoms. The van der Waals surface area contributed by atoms with Crippen LogP contribution >= 0.6 is 0 Å². The van der Waals surface area contributed by atoms with E-state index in [1.54, 1.807) is 27.9 Å². The van der Waals surface area contributed by atoms with Gasteiger partial charge in [-0.15, -0.1) is 0 Å². The van der Waals surface area contributed by atoms with Gasteiger partial charge in [0.05, 0.1) is 18.6 Å². The molecule has 28 heavy (non-hydrogen) atoms. The van der Waals surface area contributed by atoms with Crippen LogP contribution in [0, 0.1) is 0 Å². The topological polar surface area (TPSA) is 67.4 Å². The summed E-state index contributed by atoms with van der Waals surface area (Å²) < 4.78 is 1.79. The molecule has 8 heteroatoms. The minimum Gasteiger partial charge on any atom is -0.368 e. The molecule has 0 aromatic carbocycles. The molecule has 3 aromatic heterocycles. The van der Waals surface area contributed by atoms with E-state index in [0.29, 0.717) is 0 Å². The maximum Gasteiger partial charge on any atom is 0.157 e. The Morgan fingerprint density at radius 1 is 1.00 bits per heavy atom. The van der Waals surface area contributed by atoms with Crippen molar-refractivity contribution in [1.29, 1.82) is 0 Å². The highest BCUT2D eigenvalue weighted by molar-refractivity contribution is 5.48. The fourth-order valence-corrected chi connectivity index (χ4v) is 3.88. The van der Waals surface area contributed by atoms with Crippen molar-refractivity contribution >= 4 is 11.5 Å². The van der Waals surface area contributed by atoms with Crippen LogP contribution in [-0.2, 0) is 0 Å². The summed E-state index contributed by atoms with van der Waals surface area (Å²) in [7, 11) is 0. The van der Waals surface area contributed by atoms with Gasteiger partial charge in [-0.05, 0) is 12.5 Å². The van der Waals surface area contributed by atoms with E-state index >= 15 is 0 Å². The Hall–Kier alpha value is -3.42. The van der Waals surface area contributed by atoms with E-state index in [1.807, 2.05) is 18.3 Å². The average Bonchev–Trinajstić information content (AvgIpc) is 3.45. The molecule has 0 saturated carbocycles. The van der Waals surface area contributed by atoms with Gasteiger partial charge in [-0.1, -0.05) is 24.8 Å². The van der Waals surface area contributed by atoms with Crippen LogP contribution in [0.15, 0.2) is 73.0 Å². The Morgan fingerprint density at radius 2 is 1.82 bits per heavy atom. The molecule has 1 aliphatic heterocycles. The smallest absolute Gasteiger partial charge is 0.157 e. The lowest BCUT2D eigenvalue weighted by atomic mass is 9.96. The van der Waals surface area contributed by atoms with Crippen LogP contribution in [-0.4, -0.2) is 60.7 Å². The first-order valence-corrected chi connectivity index (χ1v) is 9.52. The SMILES string of the molecule is C=C(C1=CC=CCC1n1nccn1)N1CCN(c2ccn3nccc3n2)CC1. The normalized spacial score (nSPS) is 19.9. The first-order chi connectivity index (χ1) is 13.8. The lowest BCUT2D eigenvalue weighted by Crippen LogP contribution is -2.46. The predicted molar refractivity (Wildman–Crippen MR) is 107 cm³/mol. The molecule has 3 aromatic rings. The highest BCUT2D eigenvalue weighted by Crippen LogP contribution is 2.31. The summed E-state index contributed by atoms with van der Waals surface area (Å²) in [5, 5.41) is 12.9. The van der Waals surface area contributed by atoms with Gasteiger partial charge in [-0.25, -0.2) is 9.50 Å². The van der Waals surface area contributed by atoms with E-state index < -0.39 is 0 Å². The maximum atomic E-state index is 4.71. The number of nitrogens with zero attached hydrogens (tertiary/aromatic N) is 8. The van der Waals surface area contributed by atoms with Gasteiger partial charge < -0.3 is 9.80 Å². The maximum absolute atomic E-state index is 4.71.